The van der Waals surface area contributed by atoms with E-state index in [1.54, 1.807) is 19.1 Å². The molecule has 2 rings (SSSR count). The lowest BCUT2D eigenvalue weighted by molar-refractivity contribution is 0.0697. The number of hydrogen-bond acceptors (Lipinski definition) is 3. The van der Waals surface area contributed by atoms with Gasteiger partial charge in [-0.15, -0.1) is 0 Å². The van der Waals surface area contributed by atoms with E-state index < -0.39 is 11.8 Å². The topological polar surface area (TPSA) is 62.2 Å². The Kier molecular flexibility index (Phi) is 3.66. The Morgan fingerprint density at radius 3 is 2.79 bits per heavy atom. The molecule has 98 valence electrons. The minimum absolute atomic E-state index is 0.0171. The van der Waals surface area contributed by atoms with Crippen LogP contribution in [0.4, 0.5) is 15.9 Å². The van der Waals surface area contributed by atoms with Gasteiger partial charge < -0.3 is 10.4 Å². The minimum Gasteiger partial charge on any atom is -0.478 e. The highest BCUT2D eigenvalue weighted by molar-refractivity contribution is 6.29. The Morgan fingerprint density at radius 1 is 1.42 bits per heavy atom. The zero-order chi connectivity index (χ0) is 14.0. The van der Waals surface area contributed by atoms with E-state index >= 15 is 0 Å². The highest BCUT2D eigenvalue weighted by Crippen LogP contribution is 2.24. The first-order valence-corrected chi connectivity index (χ1v) is 5.78. The molecule has 0 bridgehead atoms. The maximum absolute atomic E-state index is 13.7. The lowest BCUT2D eigenvalue weighted by Crippen LogP contribution is -2.02. The number of pyridine rings is 1. The first-order valence-electron chi connectivity index (χ1n) is 5.40. The van der Waals surface area contributed by atoms with Crippen molar-refractivity contribution < 1.29 is 14.3 Å². The van der Waals surface area contributed by atoms with Crippen molar-refractivity contribution in [3.8, 4) is 0 Å². The summed E-state index contributed by atoms with van der Waals surface area (Å²) in [6.45, 7) is 1.73. The highest BCUT2D eigenvalue weighted by Gasteiger charge is 2.10. The maximum atomic E-state index is 13.7. The zero-order valence-electron chi connectivity index (χ0n) is 9.95. The van der Waals surface area contributed by atoms with Gasteiger partial charge in [0.15, 0.2) is 0 Å². The molecule has 0 atom stereocenters. The number of nitrogens with zero attached hydrogens (tertiary/aromatic N) is 1. The van der Waals surface area contributed by atoms with Gasteiger partial charge in [-0.1, -0.05) is 23.7 Å². The van der Waals surface area contributed by atoms with Crippen LogP contribution in [0.25, 0.3) is 0 Å². The Bertz CT molecular complexity index is 626. The van der Waals surface area contributed by atoms with Crippen LogP contribution < -0.4 is 5.32 Å². The summed E-state index contributed by atoms with van der Waals surface area (Å²) in [5.41, 5.74) is 0.906. The summed E-state index contributed by atoms with van der Waals surface area (Å²) in [4.78, 5) is 14.8. The summed E-state index contributed by atoms with van der Waals surface area (Å²) in [5.74, 6) is -1.39. The van der Waals surface area contributed by atoms with Crippen molar-refractivity contribution in [1.82, 2.24) is 4.98 Å². The van der Waals surface area contributed by atoms with Crippen LogP contribution in [0.5, 0.6) is 0 Å². The van der Waals surface area contributed by atoms with Crippen LogP contribution in [0.1, 0.15) is 15.9 Å². The highest BCUT2D eigenvalue weighted by atomic mass is 35.5. The summed E-state index contributed by atoms with van der Waals surface area (Å²) in [6, 6.07) is 7.14. The van der Waals surface area contributed by atoms with E-state index in [0.29, 0.717) is 5.56 Å². The Labute approximate surface area is 113 Å². The van der Waals surface area contributed by atoms with Crippen LogP contribution in [0, 0.1) is 12.7 Å². The van der Waals surface area contributed by atoms with Gasteiger partial charge in [-0.3, -0.25) is 0 Å². The number of carboxylic acids is 1. The van der Waals surface area contributed by atoms with E-state index in [1.807, 2.05) is 0 Å². The molecule has 19 heavy (non-hydrogen) atoms. The van der Waals surface area contributed by atoms with Crippen LogP contribution in [0.2, 0.25) is 5.15 Å². The fourth-order valence-corrected chi connectivity index (χ4v) is 1.81. The Balaban J connectivity index is 2.41. The second-order valence-electron chi connectivity index (χ2n) is 3.93. The van der Waals surface area contributed by atoms with Crippen LogP contribution in [-0.2, 0) is 0 Å². The van der Waals surface area contributed by atoms with E-state index in [-0.39, 0.29) is 22.2 Å². The number of hydrogen-bond donors (Lipinski definition) is 2. The molecule has 0 saturated heterocycles. The number of aromatic carboxylic acids is 1. The summed E-state index contributed by atoms with van der Waals surface area (Å²) in [6.07, 6.45) is 0. The number of aromatic nitrogens is 1. The van der Waals surface area contributed by atoms with Crippen LogP contribution in [0.15, 0.2) is 30.3 Å². The van der Waals surface area contributed by atoms with Gasteiger partial charge in [0.1, 0.15) is 16.8 Å². The average Bonchev–Trinajstić information content (AvgIpc) is 2.33. The SMILES string of the molecule is Cc1cccc(F)c1Nc1cc(C(=O)O)cc(Cl)n1. The predicted octanol–water partition coefficient (Wildman–Crippen LogP) is 3.62. The lowest BCUT2D eigenvalue weighted by Gasteiger charge is -2.10. The second kappa shape index (κ2) is 5.24. The molecule has 0 aliphatic heterocycles. The number of halogens is 2. The standard InChI is InChI=1S/C13H10ClFN2O2/c1-7-3-2-4-9(15)12(7)17-11-6-8(13(18)19)5-10(14)16-11/h2-6H,1H3,(H,16,17)(H,18,19). The zero-order valence-corrected chi connectivity index (χ0v) is 10.7. The fraction of sp³-hybridized carbons (Fsp3) is 0.0769. The van der Waals surface area contributed by atoms with E-state index in [9.17, 15) is 9.18 Å². The largest absolute Gasteiger partial charge is 0.478 e. The smallest absolute Gasteiger partial charge is 0.335 e. The predicted molar refractivity (Wildman–Crippen MR) is 70.6 cm³/mol. The molecule has 0 aliphatic carbocycles. The minimum atomic E-state index is -1.13. The number of benzene rings is 1. The summed E-state index contributed by atoms with van der Waals surface area (Å²) in [7, 11) is 0. The lowest BCUT2D eigenvalue weighted by atomic mass is 10.2. The van der Waals surface area contributed by atoms with Gasteiger partial charge in [-0.05, 0) is 30.7 Å². The third-order valence-electron chi connectivity index (χ3n) is 2.52. The first kappa shape index (κ1) is 13.3. The van der Waals surface area contributed by atoms with E-state index in [1.165, 1.54) is 18.2 Å². The maximum Gasteiger partial charge on any atom is 0.335 e. The molecule has 2 N–H and O–H groups in total. The van der Waals surface area contributed by atoms with Crippen LogP contribution >= 0.6 is 11.6 Å². The molecule has 0 amide bonds. The molecule has 1 aromatic carbocycles. The summed E-state index contributed by atoms with van der Waals surface area (Å²) < 4.78 is 13.7. The van der Waals surface area contributed by atoms with Gasteiger partial charge in [-0.2, -0.15) is 0 Å². The molecule has 0 aliphatic rings. The molecule has 2 aromatic rings. The van der Waals surface area contributed by atoms with Gasteiger partial charge >= 0.3 is 5.97 Å². The molecule has 6 heteroatoms. The van der Waals surface area contributed by atoms with Crippen LogP contribution in [-0.4, -0.2) is 16.1 Å². The van der Waals surface area contributed by atoms with Crippen molar-refractivity contribution in [3.63, 3.8) is 0 Å². The van der Waals surface area contributed by atoms with Crippen molar-refractivity contribution in [2.24, 2.45) is 0 Å². The van der Waals surface area contributed by atoms with Crippen molar-refractivity contribution in [3.05, 3.63) is 52.4 Å². The van der Waals surface area contributed by atoms with E-state index in [0.717, 1.165) is 0 Å². The fourth-order valence-electron chi connectivity index (χ4n) is 1.60. The van der Waals surface area contributed by atoms with Gasteiger partial charge in [0, 0.05) is 0 Å². The Hall–Kier alpha value is -2.14. The molecule has 1 heterocycles. The summed E-state index contributed by atoms with van der Waals surface area (Å²) >= 11 is 5.73. The van der Waals surface area contributed by atoms with Crippen molar-refractivity contribution in [2.75, 3.05) is 5.32 Å². The van der Waals surface area contributed by atoms with Crippen LogP contribution in [0.3, 0.4) is 0 Å². The molecule has 0 fully saturated rings. The molecule has 4 nitrogen and oxygen atoms in total. The van der Waals surface area contributed by atoms with Gasteiger partial charge in [0.05, 0.1) is 11.3 Å². The normalized spacial score (nSPS) is 10.3. The number of carboxylic acid groups (broad SMARTS) is 1. The van der Waals surface area contributed by atoms with Gasteiger partial charge in [0.25, 0.3) is 0 Å². The number of para-hydroxylation sites is 1. The van der Waals surface area contributed by atoms with Gasteiger partial charge in [0.2, 0.25) is 0 Å². The van der Waals surface area contributed by atoms with E-state index in [4.69, 9.17) is 16.7 Å². The van der Waals surface area contributed by atoms with Crippen molar-refractivity contribution in [1.29, 1.82) is 0 Å². The Morgan fingerprint density at radius 2 is 2.16 bits per heavy atom. The summed E-state index contributed by atoms with van der Waals surface area (Å²) in [5, 5.41) is 11.7. The van der Waals surface area contributed by atoms with Crippen molar-refractivity contribution >= 4 is 29.1 Å². The molecule has 0 radical (unpaired) electrons. The number of aryl methyl sites for hydroxylation is 1. The number of nitrogens with one attached hydrogen (secondary N) is 1. The molecular formula is C13H10ClFN2O2. The number of rotatable bonds is 3. The third-order valence-corrected chi connectivity index (χ3v) is 2.71. The number of carbonyl (C=O) groups is 1. The molecular weight excluding hydrogens is 271 g/mol. The van der Waals surface area contributed by atoms with Crippen molar-refractivity contribution in [2.45, 2.75) is 6.92 Å². The second-order valence-corrected chi connectivity index (χ2v) is 4.31. The van der Waals surface area contributed by atoms with Gasteiger partial charge in [-0.25, -0.2) is 14.2 Å². The molecule has 0 saturated carbocycles. The third kappa shape index (κ3) is 3.00. The number of anilines is 2. The monoisotopic (exact) mass is 280 g/mol. The molecule has 0 unspecified atom stereocenters. The molecule has 0 spiro atoms. The average molecular weight is 281 g/mol. The quantitative estimate of drug-likeness (QED) is 0.843. The molecule has 1 aromatic heterocycles. The first-order chi connectivity index (χ1) is 8.97. The van der Waals surface area contributed by atoms with E-state index in [2.05, 4.69) is 10.3 Å².